The van der Waals surface area contributed by atoms with E-state index in [1.54, 1.807) is 0 Å². The SMILES string of the molecule is CCCC[NH2+]Cc1cccc(Cl)c1.[Cl-]. The average Bonchev–Trinajstić information content (AvgIpc) is 2.13. The first kappa shape index (κ1) is 13.8. The fourth-order valence-electron chi connectivity index (χ4n) is 1.28. The number of rotatable bonds is 5. The molecule has 0 radical (unpaired) electrons. The third-order valence-electron chi connectivity index (χ3n) is 2.03. The molecule has 0 atom stereocenters. The van der Waals surface area contributed by atoms with Gasteiger partial charge < -0.3 is 17.7 Å². The molecule has 0 aliphatic rings. The molecular formula is C11H17Cl2N. The van der Waals surface area contributed by atoms with Crippen LogP contribution < -0.4 is 17.7 Å². The summed E-state index contributed by atoms with van der Waals surface area (Å²) in [6.07, 6.45) is 2.56. The van der Waals surface area contributed by atoms with Crippen LogP contribution in [0.5, 0.6) is 0 Å². The van der Waals surface area contributed by atoms with Crippen LogP contribution in [0.1, 0.15) is 25.3 Å². The summed E-state index contributed by atoms with van der Waals surface area (Å²) in [7, 11) is 0. The molecule has 2 N–H and O–H groups in total. The zero-order chi connectivity index (χ0) is 9.52. The van der Waals surface area contributed by atoms with Gasteiger partial charge in [-0.1, -0.05) is 37.1 Å². The van der Waals surface area contributed by atoms with E-state index in [-0.39, 0.29) is 12.4 Å². The first-order chi connectivity index (χ1) is 6.33. The highest BCUT2D eigenvalue weighted by atomic mass is 35.5. The molecule has 0 amide bonds. The summed E-state index contributed by atoms with van der Waals surface area (Å²) in [5.41, 5.74) is 1.31. The number of unbranched alkanes of at least 4 members (excludes halogenated alkanes) is 1. The van der Waals surface area contributed by atoms with Crippen molar-refractivity contribution in [1.29, 1.82) is 0 Å². The van der Waals surface area contributed by atoms with Gasteiger partial charge in [-0.15, -0.1) is 0 Å². The third-order valence-corrected chi connectivity index (χ3v) is 2.27. The van der Waals surface area contributed by atoms with Gasteiger partial charge in [0.2, 0.25) is 0 Å². The van der Waals surface area contributed by atoms with Crippen molar-refractivity contribution < 1.29 is 17.7 Å². The molecule has 1 aromatic rings. The summed E-state index contributed by atoms with van der Waals surface area (Å²) in [4.78, 5) is 0. The van der Waals surface area contributed by atoms with Crippen LogP contribution >= 0.6 is 11.6 Å². The Hall–Kier alpha value is -0.240. The normalized spacial score (nSPS) is 9.57. The second-order valence-corrected chi connectivity index (χ2v) is 3.70. The van der Waals surface area contributed by atoms with Gasteiger partial charge in [0.05, 0.1) is 6.54 Å². The number of halogens is 2. The lowest BCUT2D eigenvalue weighted by Crippen LogP contribution is -3.00. The molecule has 0 saturated heterocycles. The minimum Gasteiger partial charge on any atom is -1.00 e. The fourth-order valence-corrected chi connectivity index (χ4v) is 1.49. The van der Waals surface area contributed by atoms with E-state index in [0.29, 0.717) is 0 Å². The molecule has 0 spiro atoms. The van der Waals surface area contributed by atoms with Crippen LogP contribution in [0.2, 0.25) is 5.02 Å². The molecule has 0 aromatic heterocycles. The molecule has 1 rings (SSSR count). The molecule has 0 aliphatic heterocycles. The monoisotopic (exact) mass is 233 g/mol. The lowest BCUT2D eigenvalue weighted by Gasteiger charge is -2.01. The van der Waals surface area contributed by atoms with Gasteiger partial charge in [-0.2, -0.15) is 0 Å². The Bertz CT molecular complexity index is 251. The molecule has 0 unspecified atom stereocenters. The Morgan fingerprint density at radius 1 is 1.36 bits per heavy atom. The lowest BCUT2D eigenvalue weighted by atomic mass is 10.2. The number of quaternary nitrogens is 1. The van der Waals surface area contributed by atoms with Gasteiger partial charge in [0, 0.05) is 10.6 Å². The number of nitrogens with two attached hydrogens (primary N) is 1. The van der Waals surface area contributed by atoms with Crippen molar-refractivity contribution in [2.45, 2.75) is 26.3 Å². The first-order valence-corrected chi connectivity index (χ1v) is 5.27. The van der Waals surface area contributed by atoms with Gasteiger partial charge in [0.25, 0.3) is 0 Å². The van der Waals surface area contributed by atoms with E-state index < -0.39 is 0 Å². The zero-order valence-corrected chi connectivity index (χ0v) is 9.98. The fraction of sp³-hybridized carbons (Fsp3) is 0.455. The van der Waals surface area contributed by atoms with Gasteiger partial charge in [0.15, 0.2) is 0 Å². The van der Waals surface area contributed by atoms with E-state index in [0.717, 1.165) is 11.6 Å². The van der Waals surface area contributed by atoms with Gasteiger partial charge in [-0.25, -0.2) is 0 Å². The van der Waals surface area contributed by atoms with Crippen LogP contribution in [0.3, 0.4) is 0 Å². The predicted molar refractivity (Wildman–Crippen MR) is 56.9 cm³/mol. The van der Waals surface area contributed by atoms with Crippen LogP contribution in [0.4, 0.5) is 0 Å². The van der Waals surface area contributed by atoms with Crippen molar-refractivity contribution >= 4 is 11.6 Å². The van der Waals surface area contributed by atoms with Crippen LogP contribution in [-0.2, 0) is 6.54 Å². The average molecular weight is 234 g/mol. The topological polar surface area (TPSA) is 16.6 Å². The maximum atomic E-state index is 5.87. The predicted octanol–water partition coefficient (Wildman–Crippen LogP) is -0.792. The molecule has 0 aliphatic carbocycles. The second-order valence-electron chi connectivity index (χ2n) is 3.26. The lowest BCUT2D eigenvalue weighted by molar-refractivity contribution is -0.670. The van der Waals surface area contributed by atoms with Crippen LogP contribution in [0.15, 0.2) is 24.3 Å². The molecule has 14 heavy (non-hydrogen) atoms. The van der Waals surface area contributed by atoms with Gasteiger partial charge in [-0.3, -0.25) is 0 Å². The Morgan fingerprint density at radius 3 is 2.79 bits per heavy atom. The van der Waals surface area contributed by atoms with Crippen molar-refractivity contribution in [2.75, 3.05) is 6.54 Å². The summed E-state index contributed by atoms with van der Waals surface area (Å²) in [5.74, 6) is 0. The smallest absolute Gasteiger partial charge is 0.101 e. The second kappa shape index (κ2) is 8.10. The molecule has 0 fully saturated rings. The van der Waals surface area contributed by atoms with E-state index in [4.69, 9.17) is 11.6 Å². The Kier molecular flexibility index (Phi) is 7.96. The van der Waals surface area contributed by atoms with Crippen molar-refractivity contribution in [3.63, 3.8) is 0 Å². The largest absolute Gasteiger partial charge is 1.00 e. The standard InChI is InChI=1S/C11H16ClN.ClH/c1-2-3-7-13-9-10-5-4-6-11(12)8-10;/h4-6,8,13H,2-3,7,9H2,1H3;1H. The number of hydrogen-bond acceptors (Lipinski definition) is 0. The molecule has 1 aromatic carbocycles. The van der Waals surface area contributed by atoms with E-state index in [1.165, 1.54) is 24.9 Å². The quantitative estimate of drug-likeness (QED) is 0.643. The Morgan fingerprint density at radius 2 is 2.14 bits per heavy atom. The van der Waals surface area contributed by atoms with E-state index >= 15 is 0 Å². The minimum absolute atomic E-state index is 0. The molecule has 0 saturated carbocycles. The van der Waals surface area contributed by atoms with Crippen molar-refractivity contribution in [1.82, 2.24) is 0 Å². The van der Waals surface area contributed by atoms with Gasteiger partial charge >= 0.3 is 0 Å². The zero-order valence-electron chi connectivity index (χ0n) is 8.47. The number of hydrogen-bond donors (Lipinski definition) is 1. The van der Waals surface area contributed by atoms with Gasteiger partial charge in [0.1, 0.15) is 6.54 Å². The Balaban J connectivity index is 0.00000169. The summed E-state index contributed by atoms with van der Waals surface area (Å²) < 4.78 is 0. The van der Waals surface area contributed by atoms with E-state index in [2.05, 4.69) is 18.3 Å². The maximum Gasteiger partial charge on any atom is 0.101 e. The summed E-state index contributed by atoms with van der Waals surface area (Å²) in [5, 5.41) is 3.16. The maximum absolute atomic E-state index is 5.87. The van der Waals surface area contributed by atoms with Crippen molar-refractivity contribution in [3.05, 3.63) is 34.9 Å². The highest BCUT2D eigenvalue weighted by molar-refractivity contribution is 6.30. The van der Waals surface area contributed by atoms with E-state index in [9.17, 15) is 0 Å². The van der Waals surface area contributed by atoms with Crippen LogP contribution in [0, 0.1) is 0 Å². The summed E-state index contributed by atoms with van der Waals surface area (Å²) in [6.45, 7) is 4.47. The van der Waals surface area contributed by atoms with Crippen molar-refractivity contribution in [3.8, 4) is 0 Å². The summed E-state index contributed by atoms with van der Waals surface area (Å²) >= 11 is 5.87. The van der Waals surface area contributed by atoms with Crippen molar-refractivity contribution in [2.24, 2.45) is 0 Å². The number of benzene rings is 1. The molecule has 0 heterocycles. The van der Waals surface area contributed by atoms with Crippen LogP contribution in [-0.4, -0.2) is 6.54 Å². The highest BCUT2D eigenvalue weighted by Gasteiger charge is 1.95. The molecule has 0 bridgehead atoms. The van der Waals surface area contributed by atoms with E-state index in [1.807, 2.05) is 18.2 Å². The molecule has 80 valence electrons. The summed E-state index contributed by atoms with van der Waals surface area (Å²) in [6, 6.07) is 8.07. The van der Waals surface area contributed by atoms with Crippen LogP contribution in [0.25, 0.3) is 0 Å². The minimum atomic E-state index is 0. The first-order valence-electron chi connectivity index (χ1n) is 4.89. The third kappa shape index (κ3) is 5.48. The molecule has 3 heteroatoms. The highest BCUT2D eigenvalue weighted by Crippen LogP contribution is 2.09. The van der Waals surface area contributed by atoms with Gasteiger partial charge in [-0.05, 0) is 18.6 Å². The molecular weight excluding hydrogens is 217 g/mol. The Labute approximate surface area is 97.3 Å². The molecule has 1 nitrogen and oxygen atoms in total.